The Morgan fingerprint density at radius 3 is 2.55 bits per heavy atom. The largest absolute Gasteiger partial charge is 0.440 e. The lowest BCUT2D eigenvalue weighted by atomic mass is 10.1. The van der Waals surface area contributed by atoms with Gasteiger partial charge in [-0.1, -0.05) is 19.1 Å². The van der Waals surface area contributed by atoms with Crippen molar-refractivity contribution < 1.29 is 17.2 Å². The second-order valence-electron chi connectivity index (χ2n) is 4.94. The molecule has 0 radical (unpaired) electrons. The van der Waals surface area contributed by atoms with E-state index in [1.54, 1.807) is 25.1 Å². The first-order valence-electron chi connectivity index (χ1n) is 6.84. The molecule has 0 amide bonds. The highest BCUT2D eigenvalue weighted by Gasteiger charge is 2.14. The van der Waals surface area contributed by atoms with Gasteiger partial charge in [0.1, 0.15) is 11.3 Å². The molecule has 1 aromatic heterocycles. The van der Waals surface area contributed by atoms with Gasteiger partial charge in [-0.05, 0) is 35.9 Å². The van der Waals surface area contributed by atoms with Crippen molar-refractivity contribution in [3.63, 3.8) is 0 Å². The summed E-state index contributed by atoms with van der Waals surface area (Å²) in [6.07, 6.45) is 0.421. The minimum atomic E-state index is -3.27. The lowest BCUT2D eigenvalue weighted by Crippen LogP contribution is -2.03. The van der Waals surface area contributed by atoms with Crippen LogP contribution in [-0.2, 0) is 16.3 Å². The fraction of sp³-hybridized carbons (Fsp3) is 0.188. The molecule has 0 fully saturated rings. The molecular formula is C16H14FNO3S. The fourth-order valence-corrected chi connectivity index (χ4v) is 3.07. The van der Waals surface area contributed by atoms with Crippen molar-refractivity contribution >= 4 is 20.9 Å². The molecule has 0 aliphatic rings. The molecule has 4 nitrogen and oxygen atoms in total. The van der Waals surface area contributed by atoms with E-state index >= 15 is 0 Å². The van der Waals surface area contributed by atoms with Gasteiger partial charge < -0.3 is 4.42 Å². The van der Waals surface area contributed by atoms with Crippen molar-refractivity contribution in [3.8, 4) is 0 Å². The first-order valence-corrected chi connectivity index (χ1v) is 8.50. The van der Waals surface area contributed by atoms with Gasteiger partial charge in [-0.25, -0.2) is 17.8 Å². The number of sulfone groups is 1. The summed E-state index contributed by atoms with van der Waals surface area (Å²) in [5.41, 5.74) is 1.91. The van der Waals surface area contributed by atoms with Crippen molar-refractivity contribution in [1.29, 1.82) is 0 Å². The normalized spacial score (nSPS) is 11.9. The number of nitrogens with zero attached hydrogens (tertiary/aromatic N) is 1. The van der Waals surface area contributed by atoms with E-state index in [1.807, 2.05) is 0 Å². The smallest absolute Gasteiger partial charge is 0.199 e. The van der Waals surface area contributed by atoms with Crippen molar-refractivity contribution in [2.75, 3.05) is 5.75 Å². The average molecular weight is 319 g/mol. The Labute approximate surface area is 127 Å². The Balaban J connectivity index is 1.94. The van der Waals surface area contributed by atoms with E-state index < -0.39 is 9.84 Å². The maximum atomic E-state index is 12.9. The van der Waals surface area contributed by atoms with E-state index in [0.717, 1.165) is 5.56 Å². The lowest BCUT2D eigenvalue weighted by molar-refractivity contribution is 0.543. The highest BCUT2D eigenvalue weighted by molar-refractivity contribution is 7.91. The van der Waals surface area contributed by atoms with Crippen LogP contribution < -0.4 is 0 Å². The molecule has 0 saturated carbocycles. The van der Waals surface area contributed by atoms with Crippen LogP contribution in [0.1, 0.15) is 18.4 Å². The van der Waals surface area contributed by atoms with Crippen molar-refractivity contribution in [3.05, 3.63) is 59.7 Å². The van der Waals surface area contributed by atoms with Crippen LogP contribution >= 0.6 is 0 Å². The van der Waals surface area contributed by atoms with Gasteiger partial charge in [0, 0.05) is 6.42 Å². The summed E-state index contributed by atoms with van der Waals surface area (Å²) < 4.78 is 42.3. The van der Waals surface area contributed by atoms with Gasteiger partial charge in [-0.15, -0.1) is 0 Å². The summed E-state index contributed by atoms with van der Waals surface area (Å²) in [4.78, 5) is 4.55. The van der Waals surface area contributed by atoms with E-state index in [0.29, 0.717) is 23.4 Å². The second-order valence-corrected chi connectivity index (χ2v) is 7.22. The zero-order valence-corrected chi connectivity index (χ0v) is 12.7. The third kappa shape index (κ3) is 2.87. The summed E-state index contributed by atoms with van der Waals surface area (Å²) in [6, 6.07) is 10.7. The maximum absolute atomic E-state index is 12.9. The Hall–Kier alpha value is -2.21. The maximum Gasteiger partial charge on any atom is 0.199 e. The van der Waals surface area contributed by atoms with E-state index in [-0.39, 0.29) is 16.5 Å². The number of aromatic nitrogens is 1. The monoisotopic (exact) mass is 319 g/mol. The molecule has 0 aliphatic heterocycles. The van der Waals surface area contributed by atoms with Gasteiger partial charge in [-0.2, -0.15) is 0 Å². The van der Waals surface area contributed by atoms with Gasteiger partial charge in [0.2, 0.25) is 0 Å². The summed E-state index contributed by atoms with van der Waals surface area (Å²) in [5.74, 6) is 0.210. The van der Waals surface area contributed by atoms with Crippen LogP contribution in [0.15, 0.2) is 51.8 Å². The molecule has 0 saturated heterocycles. The standard InChI is InChI=1S/C16H14FNO3S/c1-2-22(19,20)13-7-8-15-14(10-13)18-16(21-15)9-11-3-5-12(17)6-4-11/h3-8,10H,2,9H2,1H3. The summed E-state index contributed by atoms with van der Waals surface area (Å²) in [7, 11) is -3.27. The van der Waals surface area contributed by atoms with Gasteiger partial charge in [0.15, 0.2) is 21.3 Å². The number of halogens is 1. The van der Waals surface area contributed by atoms with E-state index in [4.69, 9.17) is 4.42 Å². The van der Waals surface area contributed by atoms with E-state index in [1.165, 1.54) is 24.3 Å². The van der Waals surface area contributed by atoms with Crippen LogP contribution in [0.3, 0.4) is 0 Å². The predicted molar refractivity (Wildman–Crippen MR) is 80.9 cm³/mol. The molecule has 114 valence electrons. The molecule has 0 bridgehead atoms. The molecule has 22 heavy (non-hydrogen) atoms. The number of oxazole rings is 1. The number of fused-ring (bicyclic) bond motifs is 1. The first-order chi connectivity index (χ1) is 10.5. The zero-order valence-electron chi connectivity index (χ0n) is 11.9. The third-order valence-electron chi connectivity index (χ3n) is 3.41. The fourth-order valence-electron chi connectivity index (χ4n) is 2.17. The molecule has 3 aromatic rings. The van der Waals surface area contributed by atoms with Crippen LogP contribution in [-0.4, -0.2) is 19.2 Å². The highest BCUT2D eigenvalue weighted by atomic mass is 32.2. The van der Waals surface area contributed by atoms with Gasteiger partial charge in [0.05, 0.1) is 10.6 Å². The number of hydrogen-bond acceptors (Lipinski definition) is 4. The first kappa shape index (κ1) is 14.7. The Morgan fingerprint density at radius 2 is 1.86 bits per heavy atom. The average Bonchev–Trinajstić information content (AvgIpc) is 2.91. The highest BCUT2D eigenvalue weighted by Crippen LogP contribution is 2.22. The van der Waals surface area contributed by atoms with Crippen LogP contribution in [0.25, 0.3) is 11.1 Å². The third-order valence-corrected chi connectivity index (χ3v) is 5.14. The molecule has 3 rings (SSSR count). The Morgan fingerprint density at radius 1 is 1.14 bits per heavy atom. The van der Waals surface area contributed by atoms with E-state index in [2.05, 4.69) is 4.98 Å². The molecule has 0 atom stereocenters. The van der Waals surface area contributed by atoms with Gasteiger partial charge >= 0.3 is 0 Å². The van der Waals surface area contributed by atoms with Crippen LogP contribution in [0, 0.1) is 5.82 Å². The number of benzene rings is 2. The quantitative estimate of drug-likeness (QED) is 0.740. The minimum absolute atomic E-state index is 0.0405. The van der Waals surface area contributed by atoms with Gasteiger partial charge in [0.25, 0.3) is 0 Å². The topological polar surface area (TPSA) is 60.2 Å². The Bertz CT molecular complexity index is 914. The van der Waals surface area contributed by atoms with Gasteiger partial charge in [-0.3, -0.25) is 0 Å². The predicted octanol–water partition coefficient (Wildman–Crippen LogP) is 3.35. The molecule has 0 spiro atoms. The molecule has 0 N–H and O–H groups in total. The molecular weight excluding hydrogens is 305 g/mol. The minimum Gasteiger partial charge on any atom is -0.440 e. The van der Waals surface area contributed by atoms with E-state index in [9.17, 15) is 12.8 Å². The zero-order chi connectivity index (χ0) is 15.7. The van der Waals surface area contributed by atoms with Crippen LogP contribution in [0.5, 0.6) is 0 Å². The van der Waals surface area contributed by atoms with Crippen molar-refractivity contribution in [2.45, 2.75) is 18.2 Å². The molecule has 0 aliphatic carbocycles. The van der Waals surface area contributed by atoms with Crippen molar-refractivity contribution in [1.82, 2.24) is 4.98 Å². The number of rotatable bonds is 4. The van der Waals surface area contributed by atoms with Crippen LogP contribution in [0.2, 0.25) is 0 Å². The number of hydrogen-bond donors (Lipinski definition) is 0. The Kier molecular flexibility index (Phi) is 3.70. The molecule has 1 heterocycles. The molecule has 6 heteroatoms. The molecule has 2 aromatic carbocycles. The SMILES string of the molecule is CCS(=O)(=O)c1ccc2oc(Cc3ccc(F)cc3)nc2c1. The van der Waals surface area contributed by atoms with Crippen molar-refractivity contribution in [2.24, 2.45) is 0 Å². The lowest BCUT2D eigenvalue weighted by Gasteiger charge is -1.99. The summed E-state index contributed by atoms with van der Waals surface area (Å²) >= 11 is 0. The summed E-state index contributed by atoms with van der Waals surface area (Å²) in [5, 5.41) is 0. The second kappa shape index (κ2) is 5.53. The molecule has 0 unspecified atom stereocenters. The van der Waals surface area contributed by atoms with Crippen LogP contribution in [0.4, 0.5) is 4.39 Å². The summed E-state index contributed by atoms with van der Waals surface area (Å²) in [6.45, 7) is 1.60.